The fourth-order valence-corrected chi connectivity index (χ4v) is 5.75. The summed E-state index contributed by atoms with van der Waals surface area (Å²) in [7, 11) is -2.41. The molecule has 3 N–H and O–H groups in total. The van der Waals surface area contributed by atoms with Crippen LogP contribution in [0.4, 0.5) is 0 Å². The molecule has 1 unspecified atom stereocenters. The molecule has 1 atom stereocenters. The zero-order chi connectivity index (χ0) is 23.6. The molecular formula is C24H30N4O4S. The number of nitrogens with zero attached hydrogens (tertiary/aromatic N) is 1. The van der Waals surface area contributed by atoms with E-state index in [1.165, 1.54) is 19.2 Å². The third kappa shape index (κ3) is 5.04. The Morgan fingerprint density at radius 2 is 1.88 bits per heavy atom. The average molecular weight is 471 g/mol. The van der Waals surface area contributed by atoms with Crippen molar-refractivity contribution in [1.29, 1.82) is 0 Å². The molecule has 1 fully saturated rings. The van der Waals surface area contributed by atoms with Crippen LogP contribution >= 0.6 is 0 Å². The molecule has 9 heteroatoms. The fraction of sp³-hybridized carbons (Fsp3) is 0.417. The number of nitrogens with one attached hydrogen (secondary N) is 3. The zero-order valence-corrected chi connectivity index (χ0v) is 19.9. The second-order valence-electron chi connectivity index (χ2n) is 8.80. The van der Waals surface area contributed by atoms with Gasteiger partial charge in [-0.05, 0) is 49.1 Å². The molecule has 2 aromatic carbocycles. The Morgan fingerprint density at radius 3 is 2.55 bits per heavy atom. The smallest absolute Gasteiger partial charge is 0.251 e. The number of ether oxygens (including phenoxy) is 1. The summed E-state index contributed by atoms with van der Waals surface area (Å²) in [6.07, 6.45) is 3.64. The van der Waals surface area contributed by atoms with E-state index in [0.717, 1.165) is 36.7 Å². The number of para-hydroxylation sites is 2. The van der Waals surface area contributed by atoms with Crippen molar-refractivity contribution in [1.82, 2.24) is 20.0 Å². The Morgan fingerprint density at radius 1 is 1.15 bits per heavy atom. The summed E-state index contributed by atoms with van der Waals surface area (Å²) in [4.78, 5) is 21.0. The molecular weight excluding hydrogens is 440 g/mol. The molecule has 1 aromatic heterocycles. The molecule has 0 saturated heterocycles. The average Bonchev–Trinajstić information content (AvgIpc) is 3.45. The minimum atomic E-state index is -3.83. The van der Waals surface area contributed by atoms with Crippen molar-refractivity contribution in [3.05, 3.63) is 53.9 Å². The first-order valence-corrected chi connectivity index (χ1v) is 12.7. The Hall–Kier alpha value is -2.91. The minimum absolute atomic E-state index is 0.0330. The number of carbonyl (C=O) groups excluding carboxylic acids is 1. The number of benzene rings is 2. The summed E-state index contributed by atoms with van der Waals surface area (Å²) >= 11 is 0. The normalized spacial score (nSPS) is 15.8. The summed E-state index contributed by atoms with van der Waals surface area (Å²) < 4.78 is 34.2. The lowest BCUT2D eigenvalue weighted by Crippen LogP contribution is -2.34. The molecule has 33 heavy (non-hydrogen) atoms. The molecule has 1 heterocycles. The summed E-state index contributed by atoms with van der Waals surface area (Å²) in [6, 6.07) is 11.7. The molecule has 1 aliphatic rings. The molecule has 4 rings (SSSR count). The SMILES string of the molecule is COc1ccc(C(=O)NC(c2nc3ccccc3[nH]2)C(C)C)cc1S(=O)(=O)NC1CCCC1. The van der Waals surface area contributed by atoms with Gasteiger partial charge in [0, 0.05) is 11.6 Å². The van der Waals surface area contributed by atoms with E-state index in [2.05, 4.69) is 20.0 Å². The van der Waals surface area contributed by atoms with E-state index in [9.17, 15) is 13.2 Å². The van der Waals surface area contributed by atoms with Crippen molar-refractivity contribution in [2.24, 2.45) is 5.92 Å². The van der Waals surface area contributed by atoms with Gasteiger partial charge in [-0.2, -0.15) is 0 Å². The number of sulfonamides is 1. The van der Waals surface area contributed by atoms with Crippen LogP contribution < -0.4 is 14.8 Å². The van der Waals surface area contributed by atoms with Crippen LogP contribution in [0.2, 0.25) is 0 Å². The number of hydrogen-bond acceptors (Lipinski definition) is 5. The van der Waals surface area contributed by atoms with Crippen molar-refractivity contribution in [3.63, 3.8) is 0 Å². The van der Waals surface area contributed by atoms with Gasteiger partial charge in [-0.15, -0.1) is 0 Å². The van der Waals surface area contributed by atoms with Crippen LogP contribution in [0, 0.1) is 5.92 Å². The molecule has 3 aromatic rings. The first-order valence-electron chi connectivity index (χ1n) is 11.2. The molecule has 1 saturated carbocycles. The maximum absolute atomic E-state index is 13.2. The van der Waals surface area contributed by atoms with Gasteiger partial charge in [-0.25, -0.2) is 18.1 Å². The lowest BCUT2D eigenvalue weighted by Gasteiger charge is -2.21. The van der Waals surface area contributed by atoms with E-state index < -0.39 is 10.0 Å². The van der Waals surface area contributed by atoms with Gasteiger partial charge in [-0.3, -0.25) is 4.79 Å². The van der Waals surface area contributed by atoms with Gasteiger partial charge in [-0.1, -0.05) is 38.8 Å². The highest BCUT2D eigenvalue weighted by Crippen LogP contribution is 2.28. The topological polar surface area (TPSA) is 113 Å². The number of H-pyrrole nitrogens is 1. The van der Waals surface area contributed by atoms with Gasteiger partial charge in [0.2, 0.25) is 10.0 Å². The van der Waals surface area contributed by atoms with Gasteiger partial charge < -0.3 is 15.0 Å². The fourth-order valence-electron chi connectivity index (χ4n) is 4.25. The summed E-state index contributed by atoms with van der Waals surface area (Å²) in [5.41, 5.74) is 1.95. The third-order valence-electron chi connectivity index (χ3n) is 6.05. The second-order valence-corrected chi connectivity index (χ2v) is 10.5. The van der Waals surface area contributed by atoms with Crippen LogP contribution in [0.1, 0.15) is 61.8 Å². The summed E-state index contributed by atoms with van der Waals surface area (Å²) in [5, 5.41) is 3.01. The largest absolute Gasteiger partial charge is 0.495 e. The van der Waals surface area contributed by atoms with Crippen LogP contribution in [0.15, 0.2) is 47.4 Å². The standard InChI is InChI=1S/C24H30N4O4S/c1-15(2)22(23-25-18-10-6-7-11-19(18)26-23)27-24(29)16-12-13-20(32-3)21(14-16)33(30,31)28-17-8-4-5-9-17/h6-7,10-15,17,22,28H,4-5,8-9H2,1-3H3,(H,25,26)(H,27,29). The first-order chi connectivity index (χ1) is 15.8. The maximum Gasteiger partial charge on any atom is 0.251 e. The number of fused-ring (bicyclic) bond motifs is 1. The van der Waals surface area contributed by atoms with Crippen LogP contribution in [0.5, 0.6) is 5.75 Å². The Kier molecular flexibility index (Phi) is 6.71. The monoisotopic (exact) mass is 470 g/mol. The van der Waals surface area contributed by atoms with Gasteiger partial charge in [0.05, 0.1) is 24.2 Å². The van der Waals surface area contributed by atoms with E-state index in [0.29, 0.717) is 5.82 Å². The third-order valence-corrected chi connectivity index (χ3v) is 7.59. The van der Waals surface area contributed by atoms with Gasteiger partial charge >= 0.3 is 0 Å². The minimum Gasteiger partial charge on any atom is -0.495 e. The second kappa shape index (κ2) is 9.52. The number of rotatable bonds is 8. The first kappa shape index (κ1) is 23.3. The zero-order valence-electron chi connectivity index (χ0n) is 19.1. The highest BCUT2D eigenvalue weighted by Gasteiger charge is 2.28. The Labute approximate surface area is 194 Å². The lowest BCUT2D eigenvalue weighted by atomic mass is 10.0. The molecule has 8 nitrogen and oxygen atoms in total. The van der Waals surface area contributed by atoms with Gasteiger partial charge in [0.15, 0.2) is 0 Å². The number of hydrogen-bond donors (Lipinski definition) is 3. The number of amides is 1. The molecule has 1 aliphatic carbocycles. The molecule has 176 valence electrons. The van der Waals surface area contributed by atoms with E-state index >= 15 is 0 Å². The van der Waals surface area contributed by atoms with Crippen LogP contribution in [-0.2, 0) is 10.0 Å². The molecule has 0 radical (unpaired) electrons. The van der Waals surface area contributed by atoms with E-state index in [1.807, 2.05) is 38.1 Å². The molecule has 0 spiro atoms. The summed E-state index contributed by atoms with van der Waals surface area (Å²) in [6.45, 7) is 3.99. The Balaban J connectivity index is 1.61. The molecule has 0 aliphatic heterocycles. The number of aromatic amines is 1. The van der Waals surface area contributed by atoms with Crippen molar-refractivity contribution < 1.29 is 17.9 Å². The number of aromatic nitrogens is 2. The van der Waals surface area contributed by atoms with Crippen LogP contribution in [0.25, 0.3) is 11.0 Å². The molecule has 0 bridgehead atoms. The Bertz CT molecular complexity index is 1210. The lowest BCUT2D eigenvalue weighted by molar-refractivity contribution is 0.0923. The highest BCUT2D eigenvalue weighted by atomic mass is 32.2. The number of imidazole rings is 1. The number of methoxy groups -OCH3 is 1. The predicted molar refractivity (Wildman–Crippen MR) is 127 cm³/mol. The highest BCUT2D eigenvalue weighted by molar-refractivity contribution is 7.89. The van der Waals surface area contributed by atoms with Crippen molar-refractivity contribution >= 4 is 27.0 Å². The van der Waals surface area contributed by atoms with Crippen LogP contribution in [0.3, 0.4) is 0 Å². The maximum atomic E-state index is 13.2. The van der Waals surface area contributed by atoms with Crippen molar-refractivity contribution in [2.75, 3.05) is 7.11 Å². The van der Waals surface area contributed by atoms with Crippen LogP contribution in [-0.4, -0.2) is 37.4 Å². The van der Waals surface area contributed by atoms with Crippen molar-refractivity contribution in [3.8, 4) is 5.75 Å². The van der Waals surface area contributed by atoms with E-state index in [4.69, 9.17) is 4.74 Å². The van der Waals surface area contributed by atoms with Gasteiger partial charge in [0.25, 0.3) is 5.91 Å². The van der Waals surface area contributed by atoms with E-state index in [1.54, 1.807) is 6.07 Å². The van der Waals surface area contributed by atoms with Crippen molar-refractivity contribution in [2.45, 2.75) is 56.5 Å². The molecule has 1 amide bonds. The predicted octanol–water partition coefficient (Wildman–Crippen LogP) is 3.92. The van der Waals surface area contributed by atoms with Gasteiger partial charge in [0.1, 0.15) is 16.5 Å². The number of carbonyl (C=O) groups is 1. The quantitative estimate of drug-likeness (QED) is 0.462. The van der Waals surface area contributed by atoms with E-state index in [-0.39, 0.29) is 40.1 Å². The summed E-state index contributed by atoms with van der Waals surface area (Å²) in [5.74, 6) is 0.535.